The highest BCUT2D eigenvalue weighted by molar-refractivity contribution is 7.91. The molecule has 1 aliphatic heterocycles. The molecule has 1 amide bonds. The van der Waals surface area contributed by atoms with Gasteiger partial charge in [0.1, 0.15) is 4.21 Å². The third kappa shape index (κ3) is 4.47. The van der Waals surface area contributed by atoms with Crippen molar-refractivity contribution in [3.8, 4) is 0 Å². The Morgan fingerprint density at radius 1 is 1.29 bits per heavy atom. The summed E-state index contributed by atoms with van der Waals surface area (Å²) >= 11 is 1.22. The predicted octanol–water partition coefficient (Wildman–Crippen LogP) is 4.03. The van der Waals surface area contributed by atoms with E-state index in [1.807, 2.05) is 0 Å². The summed E-state index contributed by atoms with van der Waals surface area (Å²) in [6.07, 6.45) is 2.20. The van der Waals surface area contributed by atoms with Gasteiger partial charge in [-0.25, -0.2) is 8.42 Å². The molecule has 2 atom stereocenters. The zero-order chi connectivity index (χ0) is 20.3. The van der Waals surface area contributed by atoms with Crippen LogP contribution in [0, 0.1) is 19.8 Å². The molecule has 2 heterocycles. The number of hydrogen-bond donors (Lipinski definition) is 1. The summed E-state index contributed by atoms with van der Waals surface area (Å²) in [6, 6.07) is 9.56. The number of benzene rings is 1. The van der Waals surface area contributed by atoms with E-state index in [-0.39, 0.29) is 24.4 Å². The van der Waals surface area contributed by atoms with Crippen molar-refractivity contribution in [2.45, 2.75) is 50.3 Å². The molecule has 1 fully saturated rings. The molecule has 28 heavy (non-hydrogen) atoms. The van der Waals surface area contributed by atoms with Crippen LogP contribution >= 0.6 is 11.3 Å². The van der Waals surface area contributed by atoms with E-state index in [2.05, 4.69) is 44.3 Å². The van der Waals surface area contributed by atoms with Crippen LogP contribution in [0.3, 0.4) is 0 Å². The smallest absolute Gasteiger partial charge is 0.252 e. The zero-order valence-electron chi connectivity index (χ0n) is 16.6. The molecule has 0 unspecified atom stereocenters. The Morgan fingerprint density at radius 3 is 2.71 bits per heavy atom. The first-order valence-electron chi connectivity index (χ1n) is 9.74. The number of hydrogen-bond acceptors (Lipinski definition) is 4. The quantitative estimate of drug-likeness (QED) is 0.767. The topological polar surface area (TPSA) is 66.5 Å². The highest BCUT2D eigenvalue weighted by Gasteiger charge is 2.34. The molecule has 2 aromatic rings. The fourth-order valence-electron chi connectivity index (χ4n) is 3.60. The van der Waals surface area contributed by atoms with E-state index >= 15 is 0 Å². The standard InChI is InChI=1S/C21H28N2O3S2/c1-4-19(17-10-9-15(2)16(3)13-17)22-21(24)18-7-5-11-23(14-18)28(25,26)20-8-6-12-27-20/h6,8-10,12-13,18-19H,4-5,7,11,14H2,1-3H3,(H,22,24)/t18-,19-/m1/s1. The zero-order valence-corrected chi connectivity index (χ0v) is 18.3. The highest BCUT2D eigenvalue weighted by atomic mass is 32.2. The van der Waals surface area contributed by atoms with Gasteiger partial charge in [-0.3, -0.25) is 4.79 Å². The Morgan fingerprint density at radius 2 is 2.07 bits per heavy atom. The van der Waals surface area contributed by atoms with Gasteiger partial charge in [-0.05, 0) is 61.2 Å². The lowest BCUT2D eigenvalue weighted by Gasteiger charge is -2.32. The van der Waals surface area contributed by atoms with Crippen LogP contribution < -0.4 is 5.32 Å². The molecule has 0 aliphatic carbocycles. The summed E-state index contributed by atoms with van der Waals surface area (Å²) in [5, 5.41) is 4.91. The van der Waals surface area contributed by atoms with E-state index in [1.54, 1.807) is 17.5 Å². The van der Waals surface area contributed by atoms with Gasteiger partial charge < -0.3 is 5.32 Å². The van der Waals surface area contributed by atoms with Gasteiger partial charge in [-0.15, -0.1) is 11.3 Å². The summed E-state index contributed by atoms with van der Waals surface area (Å²) < 4.78 is 27.4. The largest absolute Gasteiger partial charge is 0.349 e. The number of aryl methyl sites for hydroxylation is 2. The first-order valence-corrected chi connectivity index (χ1v) is 12.1. The van der Waals surface area contributed by atoms with Crippen molar-refractivity contribution in [1.29, 1.82) is 0 Å². The van der Waals surface area contributed by atoms with E-state index in [1.165, 1.54) is 26.8 Å². The van der Waals surface area contributed by atoms with Crippen molar-refractivity contribution in [2.75, 3.05) is 13.1 Å². The van der Waals surface area contributed by atoms with E-state index in [9.17, 15) is 13.2 Å². The van der Waals surface area contributed by atoms with Crippen LogP contribution in [-0.4, -0.2) is 31.7 Å². The van der Waals surface area contributed by atoms with Gasteiger partial charge in [0.25, 0.3) is 10.0 Å². The summed E-state index contributed by atoms with van der Waals surface area (Å²) in [5.74, 6) is -0.375. The molecule has 7 heteroatoms. The number of nitrogens with zero attached hydrogens (tertiary/aromatic N) is 1. The monoisotopic (exact) mass is 420 g/mol. The van der Waals surface area contributed by atoms with Crippen molar-refractivity contribution in [3.63, 3.8) is 0 Å². The average Bonchev–Trinajstić information content (AvgIpc) is 3.24. The lowest BCUT2D eigenvalue weighted by Crippen LogP contribution is -2.45. The van der Waals surface area contributed by atoms with E-state index in [0.717, 1.165) is 12.0 Å². The molecule has 1 aromatic heterocycles. The lowest BCUT2D eigenvalue weighted by molar-refractivity contribution is -0.126. The maximum Gasteiger partial charge on any atom is 0.252 e. The number of carbonyl (C=O) groups excluding carboxylic acids is 1. The first-order chi connectivity index (χ1) is 13.3. The van der Waals surface area contributed by atoms with Gasteiger partial charge in [0.2, 0.25) is 5.91 Å². The number of carbonyl (C=O) groups is 1. The van der Waals surface area contributed by atoms with Crippen molar-refractivity contribution in [1.82, 2.24) is 9.62 Å². The van der Waals surface area contributed by atoms with Crippen molar-refractivity contribution in [2.24, 2.45) is 5.92 Å². The molecule has 3 rings (SSSR count). The third-order valence-electron chi connectivity index (χ3n) is 5.50. The van der Waals surface area contributed by atoms with Crippen LogP contribution in [0.5, 0.6) is 0 Å². The molecule has 1 aromatic carbocycles. The lowest BCUT2D eigenvalue weighted by atomic mass is 9.96. The molecule has 0 bridgehead atoms. The molecule has 1 N–H and O–H groups in total. The Kier molecular flexibility index (Phi) is 6.58. The number of sulfonamides is 1. The average molecular weight is 421 g/mol. The Labute approximate surface area is 171 Å². The van der Waals surface area contributed by atoms with Crippen LogP contribution in [0.15, 0.2) is 39.9 Å². The number of nitrogens with one attached hydrogen (secondary N) is 1. The van der Waals surface area contributed by atoms with Gasteiger partial charge in [-0.1, -0.05) is 31.2 Å². The van der Waals surface area contributed by atoms with E-state index < -0.39 is 10.0 Å². The third-order valence-corrected chi connectivity index (χ3v) is 8.74. The number of thiophene rings is 1. The number of amides is 1. The Hall–Kier alpha value is -1.70. The first kappa shape index (κ1) is 21.0. The molecule has 0 radical (unpaired) electrons. The molecular weight excluding hydrogens is 392 g/mol. The normalized spacial score (nSPS) is 19.3. The number of rotatable bonds is 6. The number of piperidine rings is 1. The van der Waals surface area contributed by atoms with Crippen LogP contribution in [0.1, 0.15) is 48.9 Å². The second kappa shape index (κ2) is 8.76. The maximum atomic E-state index is 12.9. The molecule has 1 saturated heterocycles. The van der Waals surface area contributed by atoms with Crippen LogP contribution in [0.2, 0.25) is 0 Å². The van der Waals surface area contributed by atoms with Crippen LogP contribution in [0.4, 0.5) is 0 Å². The van der Waals surface area contributed by atoms with Gasteiger partial charge in [0.05, 0.1) is 12.0 Å². The molecule has 0 saturated carbocycles. The second-order valence-electron chi connectivity index (χ2n) is 7.45. The van der Waals surface area contributed by atoms with Gasteiger partial charge >= 0.3 is 0 Å². The van der Waals surface area contributed by atoms with Crippen LogP contribution in [-0.2, 0) is 14.8 Å². The van der Waals surface area contributed by atoms with Gasteiger partial charge in [-0.2, -0.15) is 4.31 Å². The van der Waals surface area contributed by atoms with Crippen molar-refractivity contribution in [3.05, 3.63) is 52.4 Å². The minimum atomic E-state index is -3.51. The van der Waals surface area contributed by atoms with Crippen molar-refractivity contribution >= 4 is 27.3 Å². The Balaban J connectivity index is 1.70. The fraction of sp³-hybridized carbons (Fsp3) is 0.476. The minimum Gasteiger partial charge on any atom is -0.349 e. The predicted molar refractivity (Wildman–Crippen MR) is 113 cm³/mol. The fourth-order valence-corrected chi connectivity index (χ4v) is 6.27. The second-order valence-corrected chi connectivity index (χ2v) is 10.6. The molecule has 5 nitrogen and oxygen atoms in total. The SMILES string of the molecule is CC[C@@H](NC(=O)[C@@H]1CCCN(S(=O)(=O)c2cccs2)C1)c1ccc(C)c(C)c1. The van der Waals surface area contributed by atoms with Crippen molar-refractivity contribution < 1.29 is 13.2 Å². The molecule has 1 aliphatic rings. The summed E-state index contributed by atoms with van der Waals surface area (Å²) in [7, 11) is -3.51. The molecular formula is C21H28N2O3S2. The summed E-state index contributed by atoms with van der Waals surface area (Å²) in [6.45, 7) is 6.91. The maximum absolute atomic E-state index is 12.9. The van der Waals surface area contributed by atoms with Gasteiger partial charge in [0, 0.05) is 13.1 Å². The van der Waals surface area contributed by atoms with Crippen LogP contribution in [0.25, 0.3) is 0 Å². The van der Waals surface area contributed by atoms with Gasteiger partial charge in [0.15, 0.2) is 0 Å². The molecule has 0 spiro atoms. The van der Waals surface area contributed by atoms with E-state index in [0.29, 0.717) is 23.6 Å². The highest BCUT2D eigenvalue weighted by Crippen LogP contribution is 2.27. The van der Waals surface area contributed by atoms with E-state index in [4.69, 9.17) is 0 Å². The Bertz CT molecular complexity index is 923. The summed E-state index contributed by atoms with van der Waals surface area (Å²) in [4.78, 5) is 12.9. The summed E-state index contributed by atoms with van der Waals surface area (Å²) in [5.41, 5.74) is 3.53. The molecule has 152 valence electrons. The minimum absolute atomic E-state index is 0.0591.